The molecule has 0 aliphatic heterocycles. The van der Waals surface area contributed by atoms with Crippen LogP contribution in [0.2, 0.25) is 0 Å². The van der Waals surface area contributed by atoms with Crippen LogP contribution in [-0.2, 0) is 11.0 Å². The van der Waals surface area contributed by atoms with Crippen molar-refractivity contribution in [3.63, 3.8) is 0 Å². The summed E-state index contributed by atoms with van der Waals surface area (Å²) in [4.78, 5) is 10.1. The molecule has 0 fully saturated rings. The van der Waals surface area contributed by atoms with Gasteiger partial charge in [0, 0.05) is 5.75 Å². The highest BCUT2D eigenvalue weighted by Crippen LogP contribution is 2.32. The number of carbonyl (C=O) groups is 1. The molecule has 19 heavy (non-hydrogen) atoms. The Labute approximate surface area is 115 Å². The van der Waals surface area contributed by atoms with Crippen LogP contribution < -0.4 is 0 Å². The zero-order valence-corrected chi connectivity index (χ0v) is 11.6. The van der Waals surface area contributed by atoms with E-state index < -0.39 is 11.7 Å². The zero-order chi connectivity index (χ0) is 14.3. The lowest BCUT2D eigenvalue weighted by atomic mass is 9.95. The SMILES string of the molecule is CC(CCCSCC=O)c1cccc(C(F)(F)F)c1. The molecule has 0 N–H and O–H groups in total. The highest BCUT2D eigenvalue weighted by atomic mass is 32.2. The van der Waals surface area contributed by atoms with E-state index in [1.54, 1.807) is 17.8 Å². The van der Waals surface area contributed by atoms with Crippen LogP contribution in [0.4, 0.5) is 13.2 Å². The molecule has 0 saturated heterocycles. The van der Waals surface area contributed by atoms with E-state index in [0.717, 1.165) is 36.5 Å². The van der Waals surface area contributed by atoms with E-state index in [2.05, 4.69) is 0 Å². The van der Waals surface area contributed by atoms with Crippen LogP contribution in [0.25, 0.3) is 0 Å². The van der Waals surface area contributed by atoms with E-state index in [-0.39, 0.29) is 5.92 Å². The number of benzene rings is 1. The first kappa shape index (κ1) is 16.1. The molecule has 0 spiro atoms. The van der Waals surface area contributed by atoms with Crippen molar-refractivity contribution in [2.24, 2.45) is 0 Å². The normalized spacial score (nSPS) is 13.3. The third-order valence-electron chi connectivity index (χ3n) is 2.89. The van der Waals surface area contributed by atoms with Crippen molar-refractivity contribution in [2.45, 2.75) is 31.9 Å². The molecule has 0 aliphatic carbocycles. The van der Waals surface area contributed by atoms with Gasteiger partial charge in [0.1, 0.15) is 6.29 Å². The van der Waals surface area contributed by atoms with Gasteiger partial charge in [0.2, 0.25) is 0 Å². The Morgan fingerprint density at radius 3 is 2.74 bits per heavy atom. The Kier molecular flexibility index (Phi) is 6.42. The van der Waals surface area contributed by atoms with Crippen molar-refractivity contribution < 1.29 is 18.0 Å². The number of hydrogen-bond donors (Lipinski definition) is 0. The van der Waals surface area contributed by atoms with E-state index in [0.29, 0.717) is 5.75 Å². The van der Waals surface area contributed by atoms with Crippen LogP contribution in [0, 0.1) is 0 Å². The number of thioether (sulfide) groups is 1. The molecule has 1 aromatic carbocycles. The summed E-state index contributed by atoms with van der Waals surface area (Å²) in [6, 6.07) is 5.51. The van der Waals surface area contributed by atoms with Gasteiger partial charge in [-0.1, -0.05) is 25.1 Å². The summed E-state index contributed by atoms with van der Waals surface area (Å²) in [5.74, 6) is 1.44. The number of hydrogen-bond acceptors (Lipinski definition) is 2. The monoisotopic (exact) mass is 290 g/mol. The molecule has 1 rings (SSSR count). The third-order valence-corrected chi connectivity index (χ3v) is 3.84. The first-order valence-electron chi connectivity index (χ1n) is 6.13. The number of aldehydes is 1. The highest BCUT2D eigenvalue weighted by Gasteiger charge is 2.30. The Bertz CT molecular complexity index is 404. The highest BCUT2D eigenvalue weighted by molar-refractivity contribution is 7.99. The molecule has 106 valence electrons. The Hall–Kier alpha value is -0.970. The second-order valence-corrected chi connectivity index (χ2v) is 5.56. The summed E-state index contributed by atoms with van der Waals surface area (Å²) >= 11 is 1.55. The largest absolute Gasteiger partial charge is 0.416 e. The molecule has 0 radical (unpaired) electrons. The van der Waals surface area contributed by atoms with E-state index in [9.17, 15) is 18.0 Å². The molecule has 0 bridgehead atoms. The Morgan fingerprint density at radius 2 is 2.11 bits per heavy atom. The molecule has 0 amide bonds. The van der Waals surface area contributed by atoms with Crippen molar-refractivity contribution in [3.05, 3.63) is 35.4 Å². The molecule has 1 aromatic rings. The van der Waals surface area contributed by atoms with E-state index in [1.165, 1.54) is 12.1 Å². The quantitative estimate of drug-likeness (QED) is 0.542. The molecule has 0 aromatic heterocycles. The summed E-state index contributed by atoms with van der Waals surface area (Å²) in [6.45, 7) is 1.93. The van der Waals surface area contributed by atoms with Gasteiger partial charge in [-0.2, -0.15) is 24.9 Å². The number of carbonyl (C=O) groups excluding carboxylic acids is 1. The molecule has 1 atom stereocenters. The van der Waals surface area contributed by atoms with Gasteiger partial charge in [-0.05, 0) is 36.1 Å². The van der Waals surface area contributed by atoms with E-state index in [1.807, 2.05) is 6.92 Å². The fourth-order valence-corrected chi connectivity index (χ4v) is 2.44. The maximum atomic E-state index is 12.6. The minimum atomic E-state index is -4.28. The van der Waals surface area contributed by atoms with Crippen molar-refractivity contribution in [1.29, 1.82) is 0 Å². The minimum Gasteiger partial charge on any atom is -0.302 e. The predicted octanol–water partition coefficient (Wildman–Crippen LogP) is 4.52. The third kappa shape index (κ3) is 5.68. The summed E-state index contributed by atoms with van der Waals surface area (Å²) in [7, 11) is 0. The summed E-state index contributed by atoms with van der Waals surface area (Å²) < 4.78 is 37.8. The van der Waals surface area contributed by atoms with E-state index in [4.69, 9.17) is 0 Å². The van der Waals surface area contributed by atoms with Crippen LogP contribution in [0.3, 0.4) is 0 Å². The molecule has 5 heteroatoms. The van der Waals surface area contributed by atoms with Gasteiger partial charge >= 0.3 is 6.18 Å². The van der Waals surface area contributed by atoms with Crippen LogP contribution in [0.5, 0.6) is 0 Å². The van der Waals surface area contributed by atoms with E-state index >= 15 is 0 Å². The lowest BCUT2D eigenvalue weighted by molar-refractivity contribution is -0.137. The number of rotatable bonds is 7. The lowest BCUT2D eigenvalue weighted by Crippen LogP contribution is -2.06. The smallest absolute Gasteiger partial charge is 0.302 e. The topological polar surface area (TPSA) is 17.1 Å². The van der Waals surface area contributed by atoms with Gasteiger partial charge in [0.25, 0.3) is 0 Å². The molecular weight excluding hydrogens is 273 g/mol. The average molecular weight is 290 g/mol. The summed E-state index contributed by atoms with van der Waals surface area (Å²) in [6.07, 6.45) is -1.69. The molecule has 0 aliphatic rings. The van der Waals surface area contributed by atoms with Crippen molar-refractivity contribution in [2.75, 3.05) is 11.5 Å². The second kappa shape index (κ2) is 7.58. The zero-order valence-electron chi connectivity index (χ0n) is 10.7. The molecular formula is C14H17F3OS. The maximum Gasteiger partial charge on any atom is 0.416 e. The van der Waals surface area contributed by atoms with Gasteiger partial charge in [-0.15, -0.1) is 0 Å². The van der Waals surface area contributed by atoms with Gasteiger partial charge < -0.3 is 4.79 Å². The van der Waals surface area contributed by atoms with Gasteiger partial charge in [0.05, 0.1) is 5.56 Å². The first-order chi connectivity index (χ1) is 8.95. The summed E-state index contributed by atoms with van der Waals surface area (Å²) in [5.41, 5.74) is 0.127. The molecule has 1 nitrogen and oxygen atoms in total. The lowest BCUT2D eigenvalue weighted by Gasteiger charge is -2.14. The van der Waals surface area contributed by atoms with Crippen LogP contribution in [0.1, 0.15) is 36.8 Å². The van der Waals surface area contributed by atoms with Gasteiger partial charge in [-0.25, -0.2) is 0 Å². The summed E-state index contributed by atoms with van der Waals surface area (Å²) in [5, 5.41) is 0. The minimum absolute atomic E-state index is 0.0964. The fourth-order valence-electron chi connectivity index (χ4n) is 1.81. The van der Waals surface area contributed by atoms with Crippen molar-refractivity contribution in [3.8, 4) is 0 Å². The van der Waals surface area contributed by atoms with Crippen LogP contribution >= 0.6 is 11.8 Å². The average Bonchev–Trinajstić information content (AvgIpc) is 2.37. The van der Waals surface area contributed by atoms with Gasteiger partial charge in [0.15, 0.2) is 0 Å². The molecule has 1 unspecified atom stereocenters. The first-order valence-corrected chi connectivity index (χ1v) is 7.29. The molecule has 0 saturated carbocycles. The number of halogens is 3. The second-order valence-electron chi connectivity index (χ2n) is 4.41. The van der Waals surface area contributed by atoms with Gasteiger partial charge in [-0.3, -0.25) is 0 Å². The maximum absolute atomic E-state index is 12.6. The fraction of sp³-hybridized carbons (Fsp3) is 0.500. The van der Waals surface area contributed by atoms with Crippen molar-refractivity contribution in [1.82, 2.24) is 0 Å². The van der Waals surface area contributed by atoms with Crippen LogP contribution in [-0.4, -0.2) is 17.8 Å². The van der Waals surface area contributed by atoms with Crippen molar-refractivity contribution >= 4 is 18.0 Å². The Morgan fingerprint density at radius 1 is 1.37 bits per heavy atom. The molecule has 0 heterocycles. The Balaban J connectivity index is 2.52. The predicted molar refractivity (Wildman–Crippen MR) is 72.5 cm³/mol. The standard InChI is InChI=1S/C14H17F3OS/c1-11(4-3-8-19-9-7-18)12-5-2-6-13(10-12)14(15,16)17/h2,5-7,10-11H,3-4,8-9H2,1H3. The number of alkyl halides is 3. The van der Waals surface area contributed by atoms with Crippen LogP contribution in [0.15, 0.2) is 24.3 Å².